The Morgan fingerprint density at radius 2 is 2.21 bits per heavy atom. The standard InChI is InChI=1S/C9H10BrClN2O/c1-6-8(10)7(2)13(5-3-4-11)9(14)12-6/h3-4H,5H2,1-2H3/b4-3+. The predicted molar refractivity (Wildman–Crippen MR) is 60.7 cm³/mol. The van der Waals surface area contributed by atoms with E-state index in [9.17, 15) is 4.79 Å². The second-order valence-corrected chi connectivity index (χ2v) is 3.90. The SMILES string of the molecule is Cc1nc(=O)n(C/C=C/Cl)c(C)c1Br. The Hall–Kier alpha value is -0.610. The molecule has 0 aliphatic heterocycles. The second-order valence-electron chi connectivity index (χ2n) is 2.85. The first-order chi connectivity index (χ1) is 6.57. The molecule has 0 fully saturated rings. The molecule has 0 aliphatic rings. The molecule has 0 saturated heterocycles. The minimum absolute atomic E-state index is 0.252. The summed E-state index contributed by atoms with van der Waals surface area (Å²) in [5.41, 5.74) is 2.70. The lowest BCUT2D eigenvalue weighted by atomic mass is 10.3. The zero-order chi connectivity index (χ0) is 10.7. The van der Waals surface area contributed by atoms with Crippen molar-refractivity contribution < 1.29 is 0 Å². The smallest absolute Gasteiger partial charge is 0.292 e. The van der Waals surface area contributed by atoms with Gasteiger partial charge in [-0.15, -0.1) is 0 Å². The van der Waals surface area contributed by atoms with Gasteiger partial charge in [0.2, 0.25) is 0 Å². The molecule has 0 saturated carbocycles. The highest BCUT2D eigenvalue weighted by Crippen LogP contribution is 2.16. The number of hydrogen-bond acceptors (Lipinski definition) is 2. The number of aromatic nitrogens is 2. The van der Waals surface area contributed by atoms with Crippen LogP contribution >= 0.6 is 27.5 Å². The molecule has 1 aromatic heterocycles. The van der Waals surface area contributed by atoms with Gasteiger partial charge in [0, 0.05) is 17.8 Å². The molecular formula is C9H10BrClN2O. The molecule has 0 N–H and O–H groups in total. The zero-order valence-electron chi connectivity index (χ0n) is 7.92. The van der Waals surface area contributed by atoms with Crippen LogP contribution in [0.4, 0.5) is 0 Å². The fourth-order valence-corrected chi connectivity index (χ4v) is 1.52. The van der Waals surface area contributed by atoms with Crippen molar-refractivity contribution in [2.75, 3.05) is 0 Å². The summed E-state index contributed by atoms with van der Waals surface area (Å²) in [6.45, 7) is 4.10. The lowest BCUT2D eigenvalue weighted by Gasteiger charge is -2.09. The maximum Gasteiger partial charge on any atom is 0.348 e. The summed E-state index contributed by atoms with van der Waals surface area (Å²) in [6, 6.07) is 0. The lowest BCUT2D eigenvalue weighted by molar-refractivity contribution is 0.702. The maximum absolute atomic E-state index is 11.5. The maximum atomic E-state index is 11.5. The highest BCUT2D eigenvalue weighted by atomic mass is 79.9. The summed E-state index contributed by atoms with van der Waals surface area (Å²) in [5.74, 6) is 0. The first-order valence-electron chi connectivity index (χ1n) is 4.06. The van der Waals surface area contributed by atoms with Crippen molar-refractivity contribution in [2.24, 2.45) is 0 Å². The average molecular weight is 278 g/mol. The van der Waals surface area contributed by atoms with Crippen molar-refractivity contribution in [3.05, 3.63) is 38.0 Å². The van der Waals surface area contributed by atoms with E-state index in [-0.39, 0.29) is 5.69 Å². The Bertz CT molecular complexity index is 426. The van der Waals surface area contributed by atoms with E-state index in [2.05, 4.69) is 20.9 Å². The van der Waals surface area contributed by atoms with Crippen molar-refractivity contribution in [3.63, 3.8) is 0 Å². The van der Waals surface area contributed by atoms with Gasteiger partial charge in [0.15, 0.2) is 0 Å². The lowest BCUT2D eigenvalue weighted by Crippen LogP contribution is -2.25. The van der Waals surface area contributed by atoms with E-state index >= 15 is 0 Å². The molecule has 1 heterocycles. The molecule has 0 bridgehead atoms. The van der Waals surface area contributed by atoms with Gasteiger partial charge in [0.05, 0.1) is 10.2 Å². The number of halogens is 2. The molecule has 0 radical (unpaired) electrons. The number of nitrogens with zero attached hydrogens (tertiary/aromatic N) is 2. The molecule has 0 unspecified atom stereocenters. The monoisotopic (exact) mass is 276 g/mol. The molecule has 1 aromatic rings. The quantitative estimate of drug-likeness (QED) is 0.832. The molecule has 0 aromatic carbocycles. The van der Waals surface area contributed by atoms with Gasteiger partial charge in [-0.3, -0.25) is 4.57 Å². The second kappa shape index (κ2) is 4.75. The molecule has 1 rings (SSSR count). The van der Waals surface area contributed by atoms with Crippen LogP contribution in [0.1, 0.15) is 11.4 Å². The van der Waals surface area contributed by atoms with Gasteiger partial charge in [-0.25, -0.2) is 4.79 Å². The van der Waals surface area contributed by atoms with E-state index in [4.69, 9.17) is 11.6 Å². The third-order valence-corrected chi connectivity index (χ3v) is 3.24. The van der Waals surface area contributed by atoms with Crippen molar-refractivity contribution >= 4 is 27.5 Å². The summed E-state index contributed by atoms with van der Waals surface area (Å²) in [7, 11) is 0. The predicted octanol–water partition coefficient (Wildman–Crippen LogP) is 2.38. The summed E-state index contributed by atoms with van der Waals surface area (Å²) in [4.78, 5) is 15.3. The van der Waals surface area contributed by atoms with E-state index in [0.29, 0.717) is 12.2 Å². The van der Waals surface area contributed by atoms with Crippen molar-refractivity contribution in [3.8, 4) is 0 Å². The molecule has 0 spiro atoms. The van der Waals surface area contributed by atoms with E-state index in [1.54, 1.807) is 17.6 Å². The fourth-order valence-electron chi connectivity index (χ4n) is 1.14. The van der Waals surface area contributed by atoms with Crippen molar-refractivity contribution in [2.45, 2.75) is 20.4 Å². The van der Waals surface area contributed by atoms with Gasteiger partial charge in [0.1, 0.15) is 0 Å². The largest absolute Gasteiger partial charge is 0.348 e. The Morgan fingerprint density at radius 3 is 2.79 bits per heavy atom. The first-order valence-corrected chi connectivity index (χ1v) is 5.29. The zero-order valence-corrected chi connectivity index (χ0v) is 10.3. The van der Waals surface area contributed by atoms with Crippen LogP contribution < -0.4 is 5.69 Å². The Balaban J connectivity index is 3.29. The highest BCUT2D eigenvalue weighted by molar-refractivity contribution is 9.10. The molecule has 3 nitrogen and oxygen atoms in total. The van der Waals surface area contributed by atoms with Gasteiger partial charge in [-0.05, 0) is 29.8 Å². The summed E-state index contributed by atoms with van der Waals surface area (Å²) in [5, 5.41) is 0. The third-order valence-electron chi connectivity index (χ3n) is 1.91. The van der Waals surface area contributed by atoms with Gasteiger partial charge < -0.3 is 0 Å². The fraction of sp³-hybridized carbons (Fsp3) is 0.333. The van der Waals surface area contributed by atoms with Crippen LogP contribution in [0.2, 0.25) is 0 Å². The molecule has 0 amide bonds. The van der Waals surface area contributed by atoms with Gasteiger partial charge in [-0.1, -0.05) is 17.7 Å². The minimum Gasteiger partial charge on any atom is -0.292 e. The van der Waals surface area contributed by atoms with Gasteiger partial charge in [-0.2, -0.15) is 4.98 Å². The Kier molecular flexibility index (Phi) is 3.89. The number of allylic oxidation sites excluding steroid dienone is 1. The van der Waals surface area contributed by atoms with E-state index in [1.807, 2.05) is 6.92 Å². The topological polar surface area (TPSA) is 34.9 Å². The molecule has 0 atom stereocenters. The number of aryl methyl sites for hydroxylation is 1. The van der Waals surface area contributed by atoms with Crippen LogP contribution in [0.5, 0.6) is 0 Å². The molecule has 76 valence electrons. The van der Waals surface area contributed by atoms with Gasteiger partial charge >= 0.3 is 5.69 Å². The van der Waals surface area contributed by atoms with E-state index in [1.165, 1.54) is 5.54 Å². The van der Waals surface area contributed by atoms with E-state index in [0.717, 1.165) is 10.2 Å². The molecule has 5 heteroatoms. The molecule has 0 aliphatic carbocycles. The molecular weight excluding hydrogens is 267 g/mol. The Morgan fingerprint density at radius 1 is 1.57 bits per heavy atom. The third kappa shape index (κ3) is 2.25. The van der Waals surface area contributed by atoms with Crippen molar-refractivity contribution in [1.29, 1.82) is 0 Å². The highest BCUT2D eigenvalue weighted by Gasteiger charge is 2.07. The summed E-state index contributed by atoms with van der Waals surface area (Å²) >= 11 is 8.78. The number of hydrogen-bond donors (Lipinski definition) is 0. The van der Waals surface area contributed by atoms with Crippen molar-refractivity contribution in [1.82, 2.24) is 9.55 Å². The summed E-state index contributed by atoms with van der Waals surface area (Å²) < 4.78 is 2.41. The normalized spacial score (nSPS) is 11.1. The number of rotatable bonds is 2. The van der Waals surface area contributed by atoms with Crippen LogP contribution in [0.25, 0.3) is 0 Å². The van der Waals surface area contributed by atoms with Gasteiger partial charge in [0.25, 0.3) is 0 Å². The Labute approximate surface area is 95.5 Å². The van der Waals surface area contributed by atoms with Crippen LogP contribution in [0.3, 0.4) is 0 Å². The van der Waals surface area contributed by atoms with Crippen LogP contribution in [0, 0.1) is 13.8 Å². The van der Waals surface area contributed by atoms with E-state index < -0.39 is 0 Å². The molecule has 14 heavy (non-hydrogen) atoms. The average Bonchev–Trinajstić information content (AvgIpc) is 2.14. The van der Waals surface area contributed by atoms with Crippen LogP contribution in [0.15, 0.2) is 20.9 Å². The van der Waals surface area contributed by atoms with Crippen LogP contribution in [-0.2, 0) is 6.54 Å². The summed E-state index contributed by atoms with van der Waals surface area (Å²) in [6.07, 6.45) is 1.69. The first kappa shape index (κ1) is 11.5. The van der Waals surface area contributed by atoms with Crippen LogP contribution in [-0.4, -0.2) is 9.55 Å². The minimum atomic E-state index is -0.252.